The second-order valence-corrected chi connectivity index (χ2v) is 4.20. The number of carbonyl (C=O) groups is 2. The first-order valence-corrected chi connectivity index (χ1v) is 6.09. The maximum atomic E-state index is 11.4. The van der Waals surface area contributed by atoms with Gasteiger partial charge in [0.1, 0.15) is 12.2 Å². The molecule has 0 aliphatic rings. The first-order valence-electron chi connectivity index (χ1n) is 4.87. The summed E-state index contributed by atoms with van der Waals surface area (Å²) in [6.07, 6.45) is 2.13. The summed E-state index contributed by atoms with van der Waals surface area (Å²) in [7, 11) is 1.28. The zero-order valence-electron chi connectivity index (χ0n) is 9.36. The van der Waals surface area contributed by atoms with Crippen LogP contribution in [0.1, 0.15) is 12.0 Å². The molecule has 1 rings (SSSR count). The number of esters is 1. The Morgan fingerprint density at radius 2 is 1.88 bits per heavy atom. The van der Waals surface area contributed by atoms with Gasteiger partial charge in [-0.15, -0.1) is 11.8 Å². The highest BCUT2D eigenvalue weighted by molar-refractivity contribution is 7.98. The molecule has 0 spiro atoms. The zero-order valence-corrected chi connectivity index (χ0v) is 10.2. The number of ether oxygens (including phenoxy) is 1. The van der Waals surface area contributed by atoms with E-state index >= 15 is 0 Å². The fourth-order valence-corrected chi connectivity index (χ4v) is 1.67. The van der Waals surface area contributed by atoms with Gasteiger partial charge in [0.25, 0.3) is 0 Å². The van der Waals surface area contributed by atoms with E-state index in [1.807, 2.05) is 30.5 Å². The molecule has 0 radical (unpaired) electrons. The summed E-state index contributed by atoms with van der Waals surface area (Å²) in [5.74, 6) is -0.602. The van der Waals surface area contributed by atoms with Crippen LogP contribution in [0.3, 0.4) is 0 Å². The number of methoxy groups -OCH3 is 1. The lowest BCUT2D eigenvalue weighted by atomic mass is 10.1. The number of carbonyl (C=O) groups excluding carboxylic acids is 2. The van der Waals surface area contributed by atoms with Gasteiger partial charge in [0.15, 0.2) is 0 Å². The van der Waals surface area contributed by atoms with Crippen LogP contribution in [0, 0.1) is 0 Å². The predicted molar refractivity (Wildman–Crippen MR) is 63.6 cm³/mol. The van der Waals surface area contributed by atoms with E-state index in [4.69, 9.17) is 0 Å². The molecule has 0 atom stereocenters. The van der Waals surface area contributed by atoms with Gasteiger partial charge in [-0.2, -0.15) is 0 Å². The summed E-state index contributed by atoms with van der Waals surface area (Å²) in [6.45, 7) is 0. The highest BCUT2D eigenvalue weighted by atomic mass is 32.2. The van der Waals surface area contributed by atoms with Crippen LogP contribution in [0.2, 0.25) is 0 Å². The second kappa shape index (κ2) is 6.33. The molecule has 0 heterocycles. The van der Waals surface area contributed by atoms with E-state index in [-0.39, 0.29) is 18.6 Å². The van der Waals surface area contributed by atoms with Crippen molar-refractivity contribution in [1.82, 2.24) is 0 Å². The van der Waals surface area contributed by atoms with Crippen molar-refractivity contribution in [3.8, 4) is 0 Å². The number of Topliss-reactive ketones (excluding diaryl/α,β-unsaturated/α-hetero) is 1. The number of rotatable bonds is 5. The molecule has 86 valence electrons. The second-order valence-electron chi connectivity index (χ2n) is 3.32. The first kappa shape index (κ1) is 12.8. The van der Waals surface area contributed by atoms with Crippen LogP contribution in [0.4, 0.5) is 0 Å². The Balaban J connectivity index is 2.52. The number of thioether (sulfide) groups is 1. The molecular formula is C12H14O3S. The Morgan fingerprint density at radius 3 is 2.38 bits per heavy atom. The lowest BCUT2D eigenvalue weighted by Gasteiger charge is -2.01. The van der Waals surface area contributed by atoms with E-state index in [9.17, 15) is 9.59 Å². The van der Waals surface area contributed by atoms with E-state index in [0.29, 0.717) is 0 Å². The normalized spacial score (nSPS) is 9.88. The third-order valence-corrected chi connectivity index (χ3v) is 2.87. The Hall–Kier alpha value is -1.29. The standard InChI is InChI=1S/C12H14O3S/c1-15-12(14)8-10(13)7-9-3-5-11(16-2)6-4-9/h3-6H,7-8H2,1-2H3. The number of benzene rings is 1. The van der Waals surface area contributed by atoms with Gasteiger partial charge in [0.05, 0.1) is 7.11 Å². The topological polar surface area (TPSA) is 43.4 Å². The van der Waals surface area contributed by atoms with Crippen LogP contribution >= 0.6 is 11.8 Å². The summed E-state index contributed by atoms with van der Waals surface area (Å²) in [4.78, 5) is 23.5. The van der Waals surface area contributed by atoms with Gasteiger partial charge >= 0.3 is 5.97 Å². The maximum Gasteiger partial charge on any atom is 0.313 e. The summed E-state index contributed by atoms with van der Waals surface area (Å²) < 4.78 is 4.43. The van der Waals surface area contributed by atoms with Crippen molar-refractivity contribution in [3.63, 3.8) is 0 Å². The fraction of sp³-hybridized carbons (Fsp3) is 0.333. The van der Waals surface area contributed by atoms with Crippen LogP contribution in [0.15, 0.2) is 29.2 Å². The third-order valence-electron chi connectivity index (χ3n) is 2.13. The Kier molecular flexibility index (Phi) is 5.05. The van der Waals surface area contributed by atoms with Gasteiger partial charge in [-0.25, -0.2) is 0 Å². The zero-order chi connectivity index (χ0) is 12.0. The number of ketones is 1. The largest absolute Gasteiger partial charge is 0.469 e. The highest BCUT2D eigenvalue weighted by Crippen LogP contribution is 2.15. The molecule has 1 aromatic rings. The van der Waals surface area contributed by atoms with E-state index in [2.05, 4.69) is 4.74 Å². The minimum absolute atomic E-state index is 0.122. The minimum atomic E-state index is -0.481. The molecule has 0 saturated carbocycles. The van der Waals surface area contributed by atoms with Crippen LogP contribution < -0.4 is 0 Å². The Labute approximate surface area is 99.2 Å². The number of hydrogen-bond acceptors (Lipinski definition) is 4. The van der Waals surface area contributed by atoms with Crippen LogP contribution in [-0.4, -0.2) is 25.1 Å². The van der Waals surface area contributed by atoms with E-state index in [1.165, 1.54) is 7.11 Å². The first-order chi connectivity index (χ1) is 7.65. The van der Waals surface area contributed by atoms with Gasteiger partial charge in [-0.3, -0.25) is 9.59 Å². The minimum Gasteiger partial charge on any atom is -0.469 e. The van der Waals surface area contributed by atoms with Crippen molar-refractivity contribution in [2.75, 3.05) is 13.4 Å². The molecule has 0 aliphatic carbocycles. The van der Waals surface area contributed by atoms with Crippen molar-refractivity contribution in [3.05, 3.63) is 29.8 Å². The molecule has 3 nitrogen and oxygen atoms in total. The predicted octanol–water partition coefficient (Wildman–Crippen LogP) is 2.08. The van der Waals surface area contributed by atoms with Gasteiger partial charge < -0.3 is 4.74 Å². The molecule has 1 aromatic carbocycles. The summed E-state index contributed by atoms with van der Waals surface area (Å²) >= 11 is 1.65. The molecular weight excluding hydrogens is 224 g/mol. The van der Waals surface area contributed by atoms with Crippen molar-refractivity contribution in [2.45, 2.75) is 17.7 Å². The SMILES string of the molecule is COC(=O)CC(=O)Cc1ccc(SC)cc1. The van der Waals surface area contributed by atoms with Crippen LogP contribution in [-0.2, 0) is 20.7 Å². The molecule has 0 saturated heterocycles. The molecule has 0 fully saturated rings. The molecule has 0 N–H and O–H groups in total. The molecule has 0 unspecified atom stereocenters. The molecule has 0 amide bonds. The molecule has 0 aliphatic heterocycles. The molecule has 0 bridgehead atoms. The van der Waals surface area contributed by atoms with Crippen molar-refractivity contribution in [1.29, 1.82) is 0 Å². The van der Waals surface area contributed by atoms with Crippen LogP contribution in [0.25, 0.3) is 0 Å². The Morgan fingerprint density at radius 1 is 1.25 bits per heavy atom. The molecule has 0 aromatic heterocycles. The van der Waals surface area contributed by atoms with Crippen molar-refractivity contribution >= 4 is 23.5 Å². The van der Waals surface area contributed by atoms with Crippen molar-refractivity contribution < 1.29 is 14.3 Å². The highest BCUT2D eigenvalue weighted by Gasteiger charge is 2.09. The summed E-state index contributed by atoms with van der Waals surface area (Å²) in [5, 5.41) is 0. The fourth-order valence-electron chi connectivity index (χ4n) is 1.27. The van der Waals surface area contributed by atoms with Gasteiger partial charge in [0.2, 0.25) is 0 Å². The van der Waals surface area contributed by atoms with Crippen molar-refractivity contribution in [2.24, 2.45) is 0 Å². The van der Waals surface area contributed by atoms with Crippen LogP contribution in [0.5, 0.6) is 0 Å². The van der Waals surface area contributed by atoms with Gasteiger partial charge in [0, 0.05) is 11.3 Å². The lowest BCUT2D eigenvalue weighted by Crippen LogP contribution is -2.11. The smallest absolute Gasteiger partial charge is 0.313 e. The van der Waals surface area contributed by atoms with E-state index in [0.717, 1.165) is 10.5 Å². The average Bonchev–Trinajstić information content (AvgIpc) is 2.29. The Bertz CT molecular complexity index is 370. The lowest BCUT2D eigenvalue weighted by molar-refractivity contribution is -0.143. The number of hydrogen-bond donors (Lipinski definition) is 0. The monoisotopic (exact) mass is 238 g/mol. The van der Waals surface area contributed by atoms with E-state index in [1.54, 1.807) is 11.8 Å². The average molecular weight is 238 g/mol. The quantitative estimate of drug-likeness (QED) is 0.447. The van der Waals surface area contributed by atoms with E-state index < -0.39 is 5.97 Å². The maximum absolute atomic E-state index is 11.4. The molecule has 16 heavy (non-hydrogen) atoms. The van der Waals surface area contributed by atoms with Gasteiger partial charge in [-0.1, -0.05) is 12.1 Å². The van der Waals surface area contributed by atoms with Gasteiger partial charge in [-0.05, 0) is 24.0 Å². The summed E-state index contributed by atoms with van der Waals surface area (Å²) in [5.41, 5.74) is 0.923. The molecule has 4 heteroatoms. The third kappa shape index (κ3) is 4.06. The summed E-state index contributed by atoms with van der Waals surface area (Å²) in [6, 6.07) is 7.73.